The highest BCUT2D eigenvalue weighted by atomic mass is 19.1. The van der Waals surface area contributed by atoms with Gasteiger partial charge >= 0.3 is 0 Å². The zero-order valence-electron chi connectivity index (χ0n) is 10.4. The van der Waals surface area contributed by atoms with Crippen LogP contribution in [0.5, 0.6) is 0 Å². The number of carbonyl (C=O) groups excluding carboxylic acids is 1. The molecular formula is C14H18FNO. The Labute approximate surface area is 101 Å². The van der Waals surface area contributed by atoms with Crippen LogP contribution >= 0.6 is 0 Å². The Hall–Kier alpha value is -1.38. The fourth-order valence-corrected chi connectivity index (χ4v) is 2.36. The van der Waals surface area contributed by atoms with Gasteiger partial charge in [0.25, 0.3) is 0 Å². The molecule has 1 saturated heterocycles. The summed E-state index contributed by atoms with van der Waals surface area (Å²) in [6, 6.07) is 5.05. The Kier molecular flexibility index (Phi) is 3.46. The van der Waals surface area contributed by atoms with Crippen molar-refractivity contribution < 1.29 is 9.18 Å². The molecule has 1 aliphatic rings. The summed E-state index contributed by atoms with van der Waals surface area (Å²) < 4.78 is 13.1. The maximum Gasteiger partial charge on any atom is 0.226 e. The van der Waals surface area contributed by atoms with Gasteiger partial charge in [0, 0.05) is 19.0 Å². The summed E-state index contributed by atoms with van der Waals surface area (Å²) in [4.78, 5) is 13.8. The molecule has 1 atom stereocenters. The van der Waals surface area contributed by atoms with E-state index in [1.54, 1.807) is 13.0 Å². The Morgan fingerprint density at radius 3 is 2.82 bits per heavy atom. The summed E-state index contributed by atoms with van der Waals surface area (Å²) in [5, 5.41) is 0. The van der Waals surface area contributed by atoms with Gasteiger partial charge in [0.05, 0.1) is 0 Å². The molecule has 0 radical (unpaired) electrons. The lowest BCUT2D eigenvalue weighted by atomic mass is 10.1. The molecule has 1 unspecified atom stereocenters. The molecule has 2 nitrogen and oxygen atoms in total. The van der Waals surface area contributed by atoms with Crippen molar-refractivity contribution >= 4 is 5.91 Å². The highest BCUT2D eigenvalue weighted by Crippen LogP contribution is 2.23. The minimum absolute atomic E-state index is 0.187. The van der Waals surface area contributed by atoms with Crippen molar-refractivity contribution in [1.82, 2.24) is 4.90 Å². The summed E-state index contributed by atoms with van der Waals surface area (Å²) in [6.45, 7) is 5.23. The van der Waals surface area contributed by atoms with E-state index in [1.807, 2.05) is 17.9 Å². The average Bonchev–Trinajstić information content (AvgIpc) is 2.65. The van der Waals surface area contributed by atoms with E-state index < -0.39 is 0 Å². The van der Waals surface area contributed by atoms with Crippen molar-refractivity contribution in [1.29, 1.82) is 0 Å². The molecule has 3 heteroatoms. The van der Waals surface area contributed by atoms with Crippen LogP contribution in [0.1, 0.15) is 30.9 Å². The molecule has 1 aliphatic heterocycles. The lowest BCUT2D eigenvalue weighted by Crippen LogP contribution is -2.26. The quantitative estimate of drug-likeness (QED) is 0.789. The summed E-state index contributed by atoms with van der Waals surface area (Å²) in [5.74, 6) is 0.249. The fraction of sp³-hybridized carbons (Fsp3) is 0.500. The number of halogens is 1. The molecule has 0 N–H and O–H groups in total. The van der Waals surface area contributed by atoms with E-state index in [0.717, 1.165) is 24.9 Å². The van der Waals surface area contributed by atoms with Crippen LogP contribution in [0.2, 0.25) is 0 Å². The van der Waals surface area contributed by atoms with Crippen molar-refractivity contribution in [3.05, 3.63) is 35.1 Å². The van der Waals surface area contributed by atoms with Gasteiger partial charge < -0.3 is 4.90 Å². The molecule has 2 rings (SSSR count). The van der Waals surface area contributed by atoms with Gasteiger partial charge in [-0.1, -0.05) is 19.1 Å². The van der Waals surface area contributed by atoms with Gasteiger partial charge in [-0.25, -0.2) is 4.39 Å². The van der Waals surface area contributed by atoms with E-state index in [2.05, 4.69) is 0 Å². The molecule has 1 aromatic rings. The Morgan fingerprint density at radius 1 is 1.47 bits per heavy atom. The van der Waals surface area contributed by atoms with Crippen LogP contribution in [0, 0.1) is 18.7 Å². The molecule has 92 valence electrons. The zero-order chi connectivity index (χ0) is 12.4. The molecule has 1 heterocycles. The number of likely N-dealkylation sites (tertiary alicyclic amines) is 1. The highest BCUT2D eigenvalue weighted by Gasteiger charge is 2.29. The third kappa shape index (κ3) is 2.48. The van der Waals surface area contributed by atoms with Crippen molar-refractivity contribution in [3.63, 3.8) is 0 Å². The van der Waals surface area contributed by atoms with E-state index in [-0.39, 0.29) is 17.6 Å². The number of amides is 1. The monoisotopic (exact) mass is 235 g/mol. The molecule has 17 heavy (non-hydrogen) atoms. The van der Waals surface area contributed by atoms with Gasteiger partial charge in [0.2, 0.25) is 5.91 Å². The SMILES string of the molecule is CCC1CCN(Cc2ccc(F)c(C)c2)C1=O. The normalized spacial score (nSPS) is 20.1. The molecular weight excluding hydrogens is 217 g/mol. The largest absolute Gasteiger partial charge is 0.338 e. The molecule has 1 amide bonds. The number of rotatable bonds is 3. The summed E-state index contributed by atoms with van der Waals surface area (Å²) in [6.07, 6.45) is 1.87. The Bertz CT molecular complexity index is 430. The van der Waals surface area contributed by atoms with Gasteiger partial charge in [-0.15, -0.1) is 0 Å². The zero-order valence-corrected chi connectivity index (χ0v) is 10.4. The minimum atomic E-state index is -0.187. The van der Waals surface area contributed by atoms with Gasteiger partial charge in [0.15, 0.2) is 0 Å². The molecule has 0 saturated carbocycles. The van der Waals surface area contributed by atoms with Crippen molar-refractivity contribution in [3.8, 4) is 0 Å². The lowest BCUT2D eigenvalue weighted by Gasteiger charge is -2.17. The van der Waals surface area contributed by atoms with Crippen molar-refractivity contribution in [2.24, 2.45) is 5.92 Å². The smallest absolute Gasteiger partial charge is 0.226 e. The van der Waals surface area contributed by atoms with Crippen LogP contribution in [0.25, 0.3) is 0 Å². The minimum Gasteiger partial charge on any atom is -0.338 e. The van der Waals surface area contributed by atoms with Crippen LogP contribution < -0.4 is 0 Å². The number of hydrogen-bond donors (Lipinski definition) is 0. The predicted octanol–water partition coefficient (Wildman–Crippen LogP) is 2.89. The second kappa shape index (κ2) is 4.86. The first-order chi connectivity index (χ1) is 8.11. The fourth-order valence-electron chi connectivity index (χ4n) is 2.36. The lowest BCUT2D eigenvalue weighted by molar-refractivity contribution is -0.131. The van der Waals surface area contributed by atoms with Crippen LogP contribution in [-0.4, -0.2) is 17.4 Å². The first kappa shape index (κ1) is 12.1. The molecule has 0 spiro atoms. The van der Waals surface area contributed by atoms with Gasteiger partial charge in [-0.2, -0.15) is 0 Å². The first-order valence-corrected chi connectivity index (χ1v) is 6.15. The number of aryl methyl sites for hydroxylation is 1. The maximum atomic E-state index is 13.1. The van der Waals surface area contributed by atoms with Crippen LogP contribution in [0.3, 0.4) is 0 Å². The predicted molar refractivity (Wildman–Crippen MR) is 65.0 cm³/mol. The molecule has 1 fully saturated rings. The maximum absolute atomic E-state index is 13.1. The third-order valence-electron chi connectivity index (χ3n) is 3.50. The summed E-state index contributed by atoms with van der Waals surface area (Å²) >= 11 is 0. The van der Waals surface area contributed by atoms with Crippen LogP contribution in [0.15, 0.2) is 18.2 Å². The van der Waals surface area contributed by atoms with Gasteiger partial charge in [-0.3, -0.25) is 4.79 Å². The van der Waals surface area contributed by atoms with Crippen molar-refractivity contribution in [2.45, 2.75) is 33.2 Å². The number of benzene rings is 1. The second-order valence-electron chi connectivity index (χ2n) is 4.74. The Balaban J connectivity index is 2.06. The molecule has 0 aromatic heterocycles. The highest BCUT2D eigenvalue weighted by molar-refractivity contribution is 5.80. The van der Waals surface area contributed by atoms with Gasteiger partial charge in [0.1, 0.15) is 5.82 Å². The topological polar surface area (TPSA) is 20.3 Å². The van der Waals surface area contributed by atoms with Crippen LogP contribution in [0.4, 0.5) is 4.39 Å². The number of nitrogens with zero attached hydrogens (tertiary/aromatic N) is 1. The first-order valence-electron chi connectivity index (χ1n) is 6.15. The summed E-state index contributed by atoms with van der Waals surface area (Å²) in [5.41, 5.74) is 1.65. The van der Waals surface area contributed by atoms with Crippen LogP contribution in [-0.2, 0) is 11.3 Å². The molecule has 1 aromatic carbocycles. The van der Waals surface area contributed by atoms with E-state index in [1.165, 1.54) is 6.07 Å². The standard InChI is InChI=1S/C14H18FNO/c1-3-12-6-7-16(14(12)17)9-11-4-5-13(15)10(2)8-11/h4-5,8,12H,3,6-7,9H2,1-2H3. The molecule has 0 bridgehead atoms. The van der Waals surface area contributed by atoms with Crippen molar-refractivity contribution in [2.75, 3.05) is 6.54 Å². The molecule has 0 aliphatic carbocycles. The Morgan fingerprint density at radius 2 is 2.24 bits per heavy atom. The number of hydrogen-bond acceptors (Lipinski definition) is 1. The second-order valence-corrected chi connectivity index (χ2v) is 4.74. The third-order valence-corrected chi connectivity index (χ3v) is 3.50. The van der Waals surface area contributed by atoms with E-state index in [9.17, 15) is 9.18 Å². The average molecular weight is 235 g/mol. The number of carbonyl (C=O) groups is 1. The van der Waals surface area contributed by atoms with E-state index in [0.29, 0.717) is 12.1 Å². The van der Waals surface area contributed by atoms with E-state index >= 15 is 0 Å². The van der Waals surface area contributed by atoms with E-state index in [4.69, 9.17) is 0 Å². The summed E-state index contributed by atoms with van der Waals surface area (Å²) in [7, 11) is 0. The van der Waals surface area contributed by atoms with Gasteiger partial charge in [-0.05, 0) is 37.0 Å².